The molecule has 0 spiro atoms. The zero-order valence-corrected chi connectivity index (χ0v) is 19.0. The van der Waals surface area contributed by atoms with Gasteiger partial charge in [-0.1, -0.05) is 30.3 Å². The van der Waals surface area contributed by atoms with Crippen LogP contribution in [-0.4, -0.2) is 84.4 Å². The Morgan fingerprint density at radius 2 is 1.82 bits per heavy atom. The van der Waals surface area contributed by atoms with Crippen LogP contribution < -0.4 is 14.8 Å². The number of amides is 2. The number of nitrogens with one attached hydrogen (secondary N) is 1. The number of benzene rings is 2. The molecular weight excluding hydrogens is 422 g/mol. The summed E-state index contributed by atoms with van der Waals surface area (Å²) in [6, 6.07) is 13.8. The van der Waals surface area contributed by atoms with E-state index in [4.69, 9.17) is 9.47 Å². The van der Waals surface area contributed by atoms with E-state index < -0.39 is 0 Å². The fourth-order valence-electron chi connectivity index (χ4n) is 3.92. The molecule has 2 aromatic carbocycles. The molecule has 0 unspecified atom stereocenters. The molecule has 9 heteroatoms. The highest BCUT2D eigenvalue weighted by atomic mass is 16.5. The van der Waals surface area contributed by atoms with E-state index in [0.29, 0.717) is 36.8 Å². The lowest BCUT2D eigenvalue weighted by molar-refractivity contribution is -0.123. The van der Waals surface area contributed by atoms with Crippen molar-refractivity contribution in [1.29, 1.82) is 0 Å². The van der Waals surface area contributed by atoms with E-state index in [2.05, 4.69) is 15.3 Å². The first-order valence-electron chi connectivity index (χ1n) is 11.0. The van der Waals surface area contributed by atoms with Crippen molar-refractivity contribution in [1.82, 2.24) is 24.9 Å². The van der Waals surface area contributed by atoms with Crippen LogP contribution in [0.2, 0.25) is 0 Å². The van der Waals surface area contributed by atoms with Crippen molar-refractivity contribution in [3.63, 3.8) is 0 Å². The summed E-state index contributed by atoms with van der Waals surface area (Å²) >= 11 is 0. The highest BCUT2D eigenvalue weighted by Crippen LogP contribution is 2.20. The van der Waals surface area contributed by atoms with Crippen molar-refractivity contribution in [3.05, 3.63) is 54.2 Å². The fraction of sp³-hybridized carbons (Fsp3) is 0.375. The van der Waals surface area contributed by atoms with Gasteiger partial charge in [0.2, 0.25) is 5.88 Å². The first-order valence-corrected chi connectivity index (χ1v) is 11.0. The predicted molar refractivity (Wildman–Crippen MR) is 125 cm³/mol. The van der Waals surface area contributed by atoms with Crippen LogP contribution in [0.1, 0.15) is 10.4 Å². The van der Waals surface area contributed by atoms with Gasteiger partial charge >= 0.3 is 0 Å². The molecule has 0 atom stereocenters. The summed E-state index contributed by atoms with van der Waals surface area (Å²) in [7, 11) is 3.27. The lowest BCUT2D eigenvalue weighted by Gasteiger charge is -2.34. The molecule has 9 nitrogen and oxygen atoms in total. The van der Waals surface area contributed by atoms with Gasteiger partial charge in [-0.15, -0.1) is 5.10 Å². The molecule has 1 aliphatic heterocycles. The predicted octanol–water partition coefficient (Wildman–Crippen LogP) is 1.53. The number of rotatable bonds is 8. The van der Waals surface area contributed by atoms with Crippen molar-refractivity contribution in [2.45, 2.75) is 0 Å². The van der Waals surface area contributed by atoms with Gasteiger partial charge < -0.3 is 19.7 Å². The van der Waals surface area contributed by atoms with Gasteiger partial charge in [-0.3, -0.25) is 19.2 Å². The normalized spacial score (nSPS) is 14.3. The summed E-state index contributed by atoms with van der Waals surface area (Å²) in [6.45, 7) is 3.97. The van der Waals surface area contributed by atoms with Crippen LogP contribution in [0.5, 0.6) is 11.6 Å². The van der Waals surface area contributed by atoms with Crippen LogP contribution in [0.4, 0.5) is 0 Å². The fourth-order valence-corrected chi connectivity index (χ4v) is 3.92. The lowest BCUT2D eigenvalue weighted by Crippen LogP contribution is -2.50. The molecular formula is C24H29N5O4. The minimum Gasteiger partial charge on any atom is -0.484 e. The topological polar surface area (TPSA) is 88.9 Å². The van der Waals surface area contributed by atoms with Crippen LogP contribution in [0.15, 0.2) is 48.7 Å². The third kappa shape index (κ3) is 5.61. The monoisotopic (exact) mass is 451 g/mol. The summed E-state index contributed by atoms with van der Waals surface area (Å²) < 4.78 is 12.4. The molecule has 174 valence electrons. The second kappa shape index (κ2) is 10.4. The molecule has 0 saturated carbocycles. The standard InChI is InChI=1S/C24H29N5O4/c1-27-16-21(23(26-27)32-2)24(31)29-13-11-28(12-14-29)10-9-25-22(30)17-33-20-8-7-18-5-3-4-6-19(18)15-20/h3-8,15-16H,9-14,17H2,1-2H3,(H,25,30). The highest BCUT2D eigenvalue weighted by Gasteiger charge is 2.26. The summed E-state index contributed by atoms with van der Waals surface area (Å²) in [5.74, 6) is 0.799. The highest BCUT2D eigenvalue weighted by molar-refractivity contribution is 5.96. The Hall–Kier alpha value is -3.59. The van der Waals surface area contributed by atoms with Gasteiger partial charge in [0.25, 0.3) is 11.8 Å². The number of hydrogen-bond donors (Lipinski definition) is 1. The molecule has 4 rings (SSSR count). The average molecular weight is 452 g/mol. The lowest BCUT2D eigenvalue weighted by atomic mass is 10.1. The summed E-state index contributed by atoms with van der Waals surface area (Å²) in [4.78, 5) is 29.0. The third-order valence-electron chi connectivity index (χ3n) is 5.72. The van der Waals surface area contributed by atoms with Gasteiger partial charge in [0.15, 0.2) is 6.61 Å². The van der Waals surface area contributed by atoms with Gasteiger partial charge in [0.1, 0.15) is 11.3 Å². The van der Waals surface area contributed by atoms with Crippen molar-refractivity contribution in [2.24, 2.45) is 7.05 Å². The Morgan fingerprint density at radius 1 is 1.06 bits per heavy atom. The molecule has 2 amide bonds. The Morgan fingerprint density at radius 3 is 2.58 bits per heavy atom. The van der Waals surface area contributed by atoms with E-state index in [0.717, 1.165) is 30.4 Å². The number of aromatic nitrogens is 2. The molecule has 0 aliphatic carbocycles. The largest absolute Gasteiger partial charge is 0.484 e. The van der Waals surface area contributed by atoms with Crippen LogP contribution in [0.25, 0.3) is 10.8 Å². The molecule has 33 heavy (non-hydrogen) atoms. The Balaban J connectivity index is 1.16. The Kier molecular flexibility index (Phi) is 7.09. The van der Waals surface area contributed by atoms with Crippen molar-refractivity contribution in [3.8, 4) is 11.6 Å². The van der Waals surface area contributed by atoms with Gasteiger partial charge in [0, 0.05) is 52.5 Å². The molecule has 1 aromatic heterocycles. The number of nitrogens with zero attached hydrogens (tertiary/aromatic N) is 4. The molecule has 3 aromatic rings. The number of methoxy groups -OCH3 is 1. The molecule has 0 radical (unpaired) electrons. The molecule has 2 heterocycles. The summed E-state index contributed by atoms with van der Waals surface area (Å²) in [5.41, 5.74) is 0.479. The van der Waals surface area contributed by atoms with Gasteiger partial charge in [-0.2, -0.15) is 0 Å². The number of aryl methyl sites for hydroxylation is 1. The molecule has 1 saturated heterocycles. The van der Waals surface area contributed by atoms with Crippen molar-refractivity contribution in [2.75, 3.05) is 53.0 Å². The van der Waals surface area contributed by atoms with Crippen LogP contribution in [0.3, 0.4) is 0 Å². The second-order valence-corrected chi connectivity index (χ2v) is 8.01. The first kappa shape index (κ1) is 22.6. The van der Waals surface area contributed by atoms with Crippen LogP contribution in [-0.2, 0) is 11.8 Å². The number of hydrogen-bond acceptors (Lipinski definition) is 6. The molecule has 0 bridgehead atoms. The second-order valence-electron chi connectivity index (χ2n) is 8.01. The summed E-state index contributed by atoms with van der Waals surface area (Å²) in [5, 5.41) is 9.27. The SMILES string of the molecule is COc1nn(C)cc1C(=O)N1CCN(CCNC(=O)COc2ccc3ccccc3c2)CC1. The number of fused-ring (bicyclic) bond motifs is 1. The van der Waals surface area contributed by atoms with E-state index >= 15 is 0 Å². The number of carbonyl (C=O) groups is 2. The van der Waals surface area contributed by atoms with Crippen LogP contribution in [0, 0.1) is 0 Å². The zero-order valence-electron chi connectivity index (χ0n) is 19.0. The van der Waals surface area contributed by atoms with E-state index in [1.165, 1.54) is 7.11 Å². The minimum absolute atomic E-state index is 0.0203. The Labute approximate surface area is 192 Å². The van der Waals surface area contributed by atoms with E-state index in [1.54, 1.807) is 17.9 Å². The van der Waals surface area contributed by atoms with Crippen molar-refractivity contribution >= 4 is 22.6 Å². The number of ether oxygens (including phenoxy) is 2. The number of carbonyl (C=O) groups excluding carboxylic acids is 2. The quantitative estimate of drug-likeness (QED) is 0.559. The van der Waals surface area contributed by atoms with E-state index in [-0.39, 0.29) is 18.4 Å². The first-order chi connectivity index (χ1) is 16.0. The summed E-state index contributed by atoms with van der Waals surface area (Å²) in [6.07, 6.45) is 1.68. The molecule has 1 aliphatic rings. The van der Waals surface area contributed by atoms with Gasteiger partial charge in [0.05, 0.1) is 7.11 Å². The molecule has 1 fully saturated rings. The zero-order chi connectivity index (χ0) is 23.2. The maximum Gasteiger partial charge on any atom is 0.261 e. The smallest absolute Gasteiger partial charge is 0.261 e. The van der Waals surface area contributed by atoms with E-state index in [1.807, 2.05) is 47.4 Å². The van der Waals surface area contributed by atoms with Crippen LogP contribution >= 0.6 is 0 Å². The minimum atomic E-state index is -0.152. The number of piperazine rings is 1. The maximum atomic E-state index is 12.8. The third-order valence-corrected chi connectivity index (χ3v) is 5.72. The maximum absolute atomic E-state index is 12.8. The Bertz CT molecular complexity index is 1120. The van der Waals surface area contributed by atoms with Gasteiger partial charge in [-0.05, 0) is 22.9 Å². The van der Waals surface area contributed by atoms with Gasteiger partial charge in [-0.25, -0.2) is 0 Å². The van der Waals surface area contributed by atoms with E-state index in [9.17, 15) is 9.59 Å². The average Bonchev–Trinajstić information content (AvgIpc) is 3.23. The molecule has 1 N–H and O–H groups in total. The van der Waals surface area contributed by atoms with Crippen molar-refractivity contribution < 1.29 is 19.1 Å².